The van der Waals surface area contributed by atoms with Crippen molar-refractivity contribution in [2.24, 2.45) is 7.05 Å². The summed E-state index contributed by atoms with van der Waals surface area (Å²) in [5.41, 5.74) is 0.943. The average Bonchev–Trinajstić information content (AvgIpc) is 2.89. The SMILES string of the molecule is CC(C)c1nc(N2CC(N3CCCC[C@@H]3C)C2)c2cnn(C)c2n1. The number of aryl methyl sites for hydroxylation is 1. The molecule has 2 aliphatic heterocycles. The van der Waals surface area contributed by atoms with E-state index >= 15 is 0 Å². The maximum Gasteiger partial charge on any atom is 0.163 e. The summed E-state index contributed by atoms with van der Waals surface area (Å²) < 4.78 is 1.86. The lowest BCUT2D eigenvalue weighted by molar-refractivity contribution is 0.0873. The molecule has 0 radical (unpaired) electrons. The molecule has 0 unspecified atom stereocenters. The summed E-state index contributed by atoms with van der Waals surface area (Å²) in [6.45, 7) is 10.1. The molecule has 0 aliphatic carbocycles. The smallest absolute Gasteiger partial charge is 0.163 e. The lowest BCUT2D eigenvalue weighted by atomic mass is 9.97. The Morgan fingerprint density at radius 1 is 1.17 bits per heavy atom. The van der Waals surface area contributed by atoms with Crippen LogP contribution < -0.4 is 4.90 Å². The molecule has 2 aliphatic rings. The highest BCUT2D eigenvalue weighted by Gasteiger charge is 2.36. The van der Waals surface area contributed by atoms with E-state index in [9.17, 15) is 0 Å². The third-order valence-corrected chi connectivity index (χ3v) is 5.59. The summed E-state index contributed by atoms with van der Waals surface area (Å²) in [6.07, 6.45) is 5.98. The molecule has 0 aromatic carbocycles. The second kappa shape index (κ2) is 5.99. The van der Waals surface area contributed by atoms with Crippen molar-refractivity contribution in [1.29, 1.82) is 0 Å². The van der Waals surface area contributed by atoms with Crippen LogP contribution in [0.15, 0.2) is 6.20 Å². The molecule has 2 fully saturated rings. The zero-order valence-corrected chi connectivity index (χ0v) is 15.2. The molecular weight excluding hydrogens is 300 g/mol. The molecule has 24 heavy (non-hydrogen) atoms. The second-order valence-electron chi connectivity index (χ2n) is 7.71. The third kappa shape index (κ3) is 2.57. The topological polar surface area (TPSA) is 50.1 Å². The first-order valence-corrected chi connectivity index (χ1v) is 9.25. The minimum absolute atomic E-state index is 0.322. The minimum Gasteiger partial charge on any atom is -0.353 e. The number of aromatic nitrogens is 4. The largest absolute Gasteiger partial charge is 0.353 e. The highest BCUT2D eigenvalue weighted by molar-refractivity contribution is 5.87. The van der Waals surface area contributed by atoms with Gasteiger partial charge in [0.05, 0.1) is 11.6 Å². The molecule has 0 N–H and O–H groups in total. The van der Waals surface area contributed by atoms with Crippen LogP contribution in [-0.4, -0.2) is 56.4 Å². The van der Waals surface area contributed by atoms with Crippen molar-refractivity contribution in [2.45, 2.75) is 58.0 Å². The fourth-order valence-electron chi connectivity index (χ4n) is 4.02. The fourth-order valence-corrected chi connectivity index (χ4v) is 4.02. The lowest BCUT2D eigenvalue weighted by Crippen LogP contribution is -2.62. The number of rotatable bonds is 3. The van der Waals surface area contributed by atoms with Gasteiger partial charge in [-0.2, -0.15) is 5.10 Å². The van der Waals surface area contributed by atoms with E-state index in [2.05, 4.69) is 35.7 Å². The molecule has 6 heteroatoms. The maximum atomic E-state index is 4.88. The minimum atomic E-state index is 0.322. The van der Waals surface area contributed by atoms with E-state index in [1.807, 2.05) is 17.9 Å². The molecule has 4 rings (SSSR count). The average molecular weight is 328 g/mol. The zero-order valence-electron chi connectivity index (χ0n) is 15.2. The molecule has 6 nitrogen and oxygen atoms in total. The number of piperidine rings is 1. The van der Waals surface area contributed by atoms with E-state index in [0.29, 0.717) is 12.0 Å². The third-order valence-electron chi connectivity index (χ3n) is 5.59. The number of likely N-dealkylation sites (tertiary alicyclic amines) is 1. The van der Waals surface area contributed by atoms with Gasteiger partial charge in [0.25, 0.3) is 0 Å². The van der Waals surface area contributed by atoms with Gasteiger partial charge in [0.2, 0.25) is 0 Å². The monoisotopic (exact) mass is 328 g/mol. The van der Waals surface area contributed by atoms with Gasteiger partial charge < -0.3 is 4.90 Å². The van der Waals surface area contributed by atoms with E-state index in [1.165, 1.54) is 25.8 Å². The number of hydrogen-bond donors (Lipinski definition) is 0. The van der Waals surface area contributed by atoms with Crippen molar-refractivity contribution < 1.29 is 0 Å². The number of fused-ring (bicyclic) bond motifs is 1. The van der Waals surface area contributed by atoms with Crippen molar-refractivity contribution >= 4 is 16.9 Å². The molecule has 4 heterocycles. The van der Waals surface area contributed by atoms with Crippen molar-refractivity contribution in [3.63, 3.8) is 0 Å². The van der Waals surface area contributed by atoms with Crippen molar-refractivity contribution in [2.75, 3.05) is 24.5 Å². The number of anilines is 1. The number of nitrogens with zero attached hydrogens (tertiary/aromatic N) is 6. The molecule has 0 saturated carbocycles. The summed E-state index contributed by atoms with van der Waals surface area (Å²) in [5, 5.41) is 5.47. The van der Waals surface area contributed by atoms with Crippen LogP contribution in [0.25, 0.3) is 11.0 Å². The Bertz CT molecular complexity index is 730. The van der Waals surface area contributed by atoms with Crippen LogP contribution in [0.4, 0.5) is 5.82 Å². The summed E-state index contributed by atoms with van der Waals surface area (Å²) in [6, 6.07) is 1.39. The molecule has 0 spiro atoms. The van der Waals surface area contributed by atoms with Gasteiger partial charge in [-0.15, -0.1) is 0 Å². The summed E-state index contributed by atoms with van der Waals surface area (Å²) in [4.78, 5) is 14.7. The zero-order chi connectivity index (χ0) is 16.8. The Morgan fingerprint density at radius 3 is 2.67 bits per heavy atom. The van der Waals surface area contributed by atoms with E-state index < -0.39 is 0 Å². The van der Waals surface area contributed by atoms with Crippen molar-refractivity contribution in [1.82, 2.24) is 24.6 Å². The molecule has 2 aromatic heterocycles. The molecule has 0 bridgehead atoms. The molecule has 1 atom stereocenters. The van der Waals surface area contributed by atoms with Crippen LogP contribution in [0.5, 0.6) is 0 Å². The van der Waals surface area contributed by atoms with Gasteiger partial charge in [-0.1, -0.05) is 20.3 Å². The Labute approximate surface area is 143 Å². The fraction of sp³-hybridized carbons (Fsp3) is 0.722. The van der Waals surface area contributed by atoms with Crippen molar-refractivity contribution in [3.05, 3.63) is 12.0 Å². The molecule has 130 valence electrons. The van der Waals surface area contributed by atoms with E-state index in [0.717, 1.165) is 41.8 Å². The van der Waals surface area contributed by atoms with Gasteiger partial charge in [0.15, 0.2) is 5.65 Å². The van der Waals surface area contributed by atoms with Crippen LogP contribution in [0.2, 0.25) is 0 Å². The Kier molecular flexibility index (Phi) is 3.95. The molecular formula is C18H28N6. The van der Waals surface area contributed by atoms with Gasteiger partial charge in [0.1, 0.15) is 11.6 Å². The van der Waals surface area contributed by atoms with Crippen LogP contribution in [0.3, 0.4) is 0 Å². The summed E-state index contributed by atoms with van der Waals surface area (Å²) in [7, 11) is 1.96. The standard InChI is InChI=1S/C18H28N6/c1-12(2)16-20-17-15(9-19-22(17)4)18(21-16)23-10-14(11-23)24-8-6-5-7-13(24)3/h9,12-14H,5-8,10-11H2,1-4H3/t13-/m0/s1. The molecule has 2 saturated heterocycles. The van der Waals surface area contributed by atoms with Gasteiger partial charge in [-0.25, -0.2) is 9.97 Å². The first kappa shape index (κ1) is 15.8. The highest BCUT2D eigenvalue weighted by atomic mass is 15.4. The van der Waals surface area contributed by atoms with Crippen LogP contribution in [-0.2, 0) is 7.05 Å². The normalized spacial score (nSPS) is 23.2. The van der Waals surface area contributed by atoms with Gasteiger partial charge in [-0.3, -0.25) is 9.58 Å². The Hall–Kier alpha value is -1.69. The van der Waals surface area contributed by atoms with Gasteiger partial charge >= 0.3 is 0 Å². The first-order chi connectivity index (χ1) is 11.5. The predicted molar refractivity (Wildman–Crippen MR) is 96.4 cm³/mol. The summed E-state index contributed by atoms with van der Waals surface area (Å²) >= 11 is 0. The van der Waals surface area contributed by atoms with Crippen LogP contribution >= 0.6 is 0 Å². The van der Waals surface area contributed by atoms with Gasteiger partial charge in [0, 0.05) is 38.1 Å². The van der Waals surface area contributed by atoms with Crippen LogP contribution in [0.1, 0.15) is 51.8 Å². The quantitative estimate of drug-likeness (QED) is 0.867. The first-order valence-electron chi connectivity index (χ1n) is 9.25. The van der Waals surface area contributed by atoms with Gasteiger partial charge in [-0.05, 0) is 26.3 Å². The van der Waals surface area contributed by atoms with Crippen LogP contribution in [0, 0.1) is 0 Å². The Balaban J connectivity index is 1.59. The Morgan fingerprint density at radius 2 is 1.96 bits per heavy atom. The number of hydrogen-bond acceptors (Lipinski definition) is 5. The van der Waals surface area contributed by atoms with Crippen molar-refractivity contribution in [3.8, 4) is 0 Å². The van der Waals surface area contributed by atoms with E-state index in [-0.39, 0.29) is 0 Å². The molecule has 0 amide bonds. The van der Waals surface area contributed by atoms with E-state index in [4.69, 9.17) is 9.97 Å². The highest BCUT2D eigenvalue weighted by Crippen LogP contribution is 2.32. The predicted octanol–water partition coefficient (Wildman–Crippen LogP) is 2.55. The summed E-state index contributed by atoms with van der Waals surface area (Å²) in [5.74, 6) is 2.30. The molecule has 2 aromatic rings. The second-order valence-corrected chi connectivity index (χ2v) is 7.71. The maximum absolute atomic E-state index is 4.88. The van der Waals surface area contributed by atoms with E-state index in [1.54, 1.807) is 0 Å². The lowest BCUT2D eigenvalue weighted by Gasteiger charge is -2.49.